The summed E-state index contributed by atoms with van der Waals surface area (Å²) in [5.74, 6) is 0.811. The van der Waals surface area contributed by atoms with Gasteiger partial charge in [-0.25, -0.2) is 0 Å². The largest absolute Gasteiger partial charge is 0.373 e. The van der Waals surface area contributed by atoms with Crippen LogP contribution in [0.25, 0.3) is 0 Å². The third kappa shape index (κ3) is 6.06. The second-order valence-corrected chi connectivity index (χ2v) is 8.73. The molecule has 2 aromatic rings. The number of hydrogen-bond donors (Lipinski definition) is 2. The Kier molecular flexibility index (Phi) is 7.50. The molecule has 1 aromatic heterocycles. The molecule has 1 aliphatic rings. The summed E-state index contributed by atoms with van der Waals surface area (Å²) in [7, 11) is 1.82. The minimum Gasteiger partial charge on any atom is -0.373 e. The Bertz CT molecular complexity index is 807. The molecule has 0 bridgehead atoms. The van der Waals surface area contributed by atoms with E-state index in [4.69, 9.17) is 4.74 Å². The van der Waals surface area contributed by atoms with Gasteiger partial charge in [-0.15, -0.1) is 0 Å². The highest BCUT2D eigenvalue weighted by atomic mass is 16.5. The van der Waals surface area contributed by atoms with Gasteiger partial charge in [-0.05, 0) is 44.9 Å². The maximum Gasteiger partial charge on any atom is 0.191 e. The van der Waals surface area contributed by atoms with E-state index in [0.717, 1.165) is 32.1 Å². The zero-order chi connectivity index (χ0) is 21.6. The van der Waals surface area contributed by atoms with Crippen LogP contribution in [0, 0.1) is 0 Å². The van der Waals surface area contributed by atoms with E-state index in [0.29, 0.717) is 6.54 Å². The number of aliphatic imine (C=N–C) groups is 1. The van der Waals surface area contributed by atoms with Crippen LogP contribution in [0.3, 0.4) is 0 Å². The lowest BCUT2D eigenvalue weighted by Crippen LogP contribution is -2.59. The Hall–Kier alpha value is -2.38. The molecule has 0 radical (unpaired) electrons. The van der Waals surface area contributed by atoms with Gasteiger partial charge in [-0.2, -0.15) is 5.10 Å². The van der Waals surface area contributed by atoms with Crippen LogP contribution in [0.5, 0.6) is 0 Å². The summed E-state index contributed by atoms with van der Waals surface area (Å²) in [6, 6.07) is 10.4. The van der Waals surface area contributed by atoms with Crippen molar-refractivity contribution < 1.29 is 4.74 Å². The summed E-state index contributed by atoms with van der Waals surface area (Å²) in [6.07, 6.45) is 4.32. The quantitative estimate of drug-likeness (QED) is 0.540. The van der Waals surface area contributed by atoms with Gasteiger partial charge in [0.2, 0.25) is 0 Å². The fourth-order valence-electron chi connectivity index (χ4n) is 3.94. The third-order valence-corrected chi connectivity index (χ3v) is 5.64. The van der Waals surface area contributed by atoms with Crippen molar-refractivity contribution in [3.63, 3.8) is 0 Å². The maximum atomic E-state index is 5.89. The van der Waals surface area contributed by atoms with Gasteiger partial charge in [0.15, 0.2) is 5.96 Å². The van der Waals surface area contributed by atoms with Crippen molar-refractivity contribution in [1.82, 2.24) is 25.3 Å². The maximum absolute atomic E-state index is 5.89. The second kappa shape index (κ2) is 10.1. The zero-order valence-corrected chi connectivity index (χ0v) is 18.9. The van der Waals surface area contributed by atoms with Gasteiger partial charge < -0.3 is 15.4 Å². The number of guanidine groups is 1. The van der Waals surface area contributed by atoms with Gasteiger partial charge in [0, 0.05) is 51.2 Å². The number of hydrogen-bond acceptors (Lipinski definition) is 4. The number of aromatic nitrogens is 2. The number of rotatable bonds is 7. The Balaban J connectivity index is 1.55. The molecule has 1 saturated heterocycles. The summed E-state index contributed by atoms with van der Waals surface area (Å²) >= 11 is 0. The normalized spacial score (nSPS) is 20.9. The van der Waals surface area contributed by atoms with E-state index in [2.05, 4.69) is 77.6 Å². The van der Waals surface area contributed by atoms with Crippen molar-refractivity contribution in [2.24, 2.45) is 4.99 Å². The van der Waals surface area contributed by atoms with Crippen LogP contribution in [0.2, 0.25) is 0 Å². The Morgan fingerprint density at radius 2 is 1.83 bits per heavy atom. The standard InChI is InChI=1S/C23H36N6O/c1-18-14-28(15-19(2)30-18)23(3,4)17-26-22(24-5)25-13-20-9-6-7-10-21(20)16-29-12-8-11-27-29/h6-12,18-19H,13-17H2,1-5H3,(H2,24,25,26). The lowest BCUT2D eigenvalue weighted by Gasteiger charge is -2.45. The lowest BCUT2D eigenvalue weighted by molar-refractivity contribution is -0.0946. The third-order valence-electron chi connectivity index (χ3n) is 5.64. The summed E-state index contributed by atoms with van der Waals surface area (Å²) in [5, 5.41) is 11.3. The first-order valence-corrected chi connectivity index (χ1v) is 10.8. The van der Waals surface area contributed by atoms with E-state index >= 15 is 0 Å². The molecule has 1 aliphatic heterocycles. The predicted molar refractivity (Wildman–Crippen MR) is 122 cm³/mol. The minimum absolute atomic E-state index is 0.00190. The molecule has 164 valence electrons. The smallest absolute Gasteiger partial charge is 0.191 e. The molecule has 2 N–H and O–H groups in total. The SMILES string of the molecule is CN=C(NCc1ccccc1Cn1cccn1)NCC(C)(C)N1CC(C)OC(C)C1. The average Bonchev–Trinajstić information content (AvgIpc) is 3.21. The molecule has 2 heterocycles. The molecular formula is C23H36N6O. The highest BCUT2D eigenvalue weighted by Crippen LogP contribution is 2.20. The minimum atomic E-state index is 0.00190. The van der Waals surface area contributed by atoms with Crippen molar-refractivity contribution in [1.29, 1.82) is 0 Å². The van der Waals surface area contributed by atoms with Crippen LogP contribution in [0.15, 0.2) is 47.7 Å². The molecule has 0 amide bonds. The van der Waals surface area contributed by atoms with Gasteiger partial charge in [0.05, 0.1) is 18.8 Å². The van der Waals surface area contributed by atoms with Gasteiger partial charge in [0.25, 0.3) is 0 Å². The van der Waals surface area contributed by atoms with Crippen LogP contribution in [0.1, 0.15) is 38.8 Å². The molecule has 2 unspecified atom stereocenters. The number of nitrogens with one attached hydrogen (secondary N) is 2. The van der Waals surface area contributed by atoms with Crippen molar-refractivity contribution >= 4 is 5.96 Å². The fraction of sp³-hybridized carbons (Fsp3) is 0.565. The van der Waals surface area contributed by atoms with Crippen LogP contribution in [-0.2, 0) is 17.8 Å². The van der Waals surface area contributed by atoms with Crippen molar-refractivity contribution in [3.8, 4) is 0 Å². The first-order valence-electron chi connectivity index (χ1n) is 10.8. The highest BCUT2D eigenvalue weighted by Gasteiger charge is 2.33. The van der Waals surface area contributed by atoms with Gasteiger partial charge in [-0.1, -0.05) is 24.3 Å². The number of benzene rings is 1. The van der Waals surface area contributed by atoms with Crippen LogP contribution < -0.4 is 10.6 Å². The topological polar surface area (TPSA) is 66.7 Å². The van der Waals surface area contributed by atoms with E-state index < -0.39 is 0 Å². The Morgan fingerprint density at radius 3 is 2.47 bits per heavy atom. The van der Waals surface area contributed by atoms with E-state index in [1.54, 1.807) is 0 Å². The summed E-state index contributed by atoms with van der Waals surface area (Å²) in [6.45, 7) is 13.0. The second-order valence-electron chi connectivity index (χ2n) is 8.73. The molecule has 1 aromatic carbocycles. The molecule has 7 nitrogen and oxygen atoms in total. The van der Waals surface area contributed by atoms with Crippen LogP contribution in [0.4, 0.5) is 0 Å². The molecule has 3 rings (SSSR count). The molecule has 1 fully saturated rings. The average molecular weight is 413 g/mol. The zero-order valence-electron chi connectivity index (χ0n) is 18.9. The first kappa shape index (κ1) is 22.3. The molecule has 0 aliphatic carbocycles. The van der Waals surface area contributed by atoms with Gasteiger partial charge >= 0.3 is 0 Å². The summed E-state index contributed by atoms with van der Waals surface area (Å²) < 4.78 is 7.83. The first-order chi connectivity index (χ1) is 14.4. The number of morpholine rings is 1. The predicted octanol–water partition coefficient (Wildman–Crippen LogP) is 2.48. The van der Waals surface area contributed by atoms with Gasteiger partial charge in [-0.3, -0.25) is 14.6 Å². The van der Waals surface area contributed by atoms with Crippen molar-refractivity contribution in [2.45, 2.75) is 58.5 Å². The number of ether oxygens (including phenoxy) is 1. The Morgan fingerprint density at radius 1 is 1.13 bits per heavy atom. The molecule has 30 heavy (non-hydrogen) atoms. The van der Waals surface area contributed by atoms with Crippen LogP contribution >= 0.6 is 0 Å². The van der Waals surface area contributed by atoms with E-state index in [1.165, 1.54) is 11.1 Å². The van der Waals surface area contributed by atoms with Gasteiger partial charge in [0.1, 0.15) is 0 Å². The van der Waals surface area contributed by atoms with E-state index in [9.17, 15) is 0 Å². The van der Waals surface area contributed by atoms with E-state index in [-0.39, 0.29) is 17.7 Å². The monoisotopic (exact) mass is 412 g/mol. The molecule has 7 heteroatoms. The summed E-state index contributed by atoms with van der Waals surface area (Å²) in [4.78, 5) is 6.93. The fourth-order valence-corrected chi connectivity index (χ4v) is 3.94. The van der Waals surface area contributed by atoms with Crippen LogP contribution in [-0.4, -0.2) is 65.1 Å². The van der Waals surface area contributed by atoms with Crippen molar-refractivity contribution in [3.05, 3.63) is 53.9 Å². The van der Waals surface area contributed by atoms with E-state index in [1.807, 2.05) is 30.2 Å². The summed E-state index contributed by atoms with van der Waals surface area (Å²) in [5.41, 5.74) is 2.49. The number of nitrogens with zero attached hydrogens (tertiary/aromatic N) is 4. The molecular weight excluding hydrogens is 376 g/mol. The molecule has 0 spiro atoms. The van der Waals surface area contributed by atoms with Crippen molar-refractivity contribution in [2.75, 3.05) is 26.7 Å². The molecule has 0 saturated carbocycles. The Labute approximate surface area is 180 Å². The lowest BCUT2D eigenvalue weighted by atomic mass is 10.00. The highest BCUT2D eigenvalue weighted by molar-refractivity contribution is 5.79. The molecule has 2 atom stereocenters.